The molecule has 0 aromatic carbocycles. The molecule has 7 heteroatoms. The van der Waals surface area contributed by atoms with Crippen LogP contribution in [-0.4, -0.2) is 48.7 Å². The molecule has 0 saturated heterocycles. The second-order valence-electron chi connectivity index (χ2n) is 4.59. The van der Waals surface area contributed by atoms with Crippen LogP contribution in [0, 0.1) is 17.2 Å². The molecule has 110 valence electrons. The van der Waals surface area contributed by atoms with Gasteiger partial charge in [0.2, 0.25) is 17.8 Å². The van der Waals surface area contributed by atoms with Crippen molar-refractivity contribution in [2.24, 2.45) is 5.92 Å². The van der Waals surface area contributed by atoms with Crippen molar-refractivity contribution < 1.29 is 0 Å². The first kappa shape index (κ1) is 16.0. The molecule has 0 spiro atoms. The summed E-state index contributed by atoms with van der Waals surface area (Å²) >= 11 is 0. The Morgan fingerprint density at radius 3 is 2.30 bits per heavy atom. The number of nitriles is 1. The number of anilines is 3. The Morgan fingerprint density at radius 2 is 1.80 bits per heavy atom. The molecule has 7 nitrogen and oxygen atoms in total. The highest BCUT2D eigenvalue weighted by molar-refractivity contribution is 5.44. The lowest BCUT2D eigenvalue weighted by atomic mass is 10.2. The van der Waals surface area contributed by atoms with Crippen molar-refractivity contribution in [1.82, 2.24) is 15.0 Å². The number of aromatic nitrogens is 3. The van der Waals surface area contributed by atoms with E-state index in [0.717, 1.165) is 13.1 Å². The topological polar surface area (TPSA) is 81.0 Å². The molecule has 0 radical (unpaired) electrons. The summed E-state index contributed by atoms with van der Waals surface area (Å²) in [7, 11) is 3.66. The Kier molecular flexibility index (Phi) is 5.97. The first-order valence-electron chi connectivity index (χ1n) is 6.85. The van der Waals surface area contributed by atoms with Crippen LogP contribution in [0.1, 0.15) is 20.8 Å². The minimum absolute atomic E-state index is 0.0771. The van der Waals surface area contributed by atoms with Gasteiger partial charge in [-0.2, -0.15) is 20.2 Å². The van der Waals surface area contributed by atoms with Crippen molar-refractivity contribution in [1.29, 1.82) is 5.26 Å². The lowest BCUT2D eigenvalue weighted by molar-refractivity contribution is 0.697. The van der Waals surface area contributed by atoms with E-state index < -0.39 is 0 Å². The lowest BCUT2D eigenvalue weighted by Crippen LogP contribution is -2.29. The van der Waals surface area contributed by atoms with Crippen LogP contribution < -0.4 is 15.1 Å². The fraction of sp³-hybridized carbons (Fsp3) is 0.692. The molecule has 1 aromatic rings. The molecule has 1 rings (SSSR count). The zero-order chi connectivity index (χ0) is 15.1. The van der Waals surface area contributed by atoms with Gasteiger partial charge in [0.15, 0.2) is 0 Å². The van der Waals surface area contributed by atoms with E-state index in [2.05, 4.69) is 45.1 Å². The average molecular weight is 277 g/mol. The Balaban J connectivity index is 3.07. The third-order valence-electron chi connectivity index (χ3n) is 2.99. The van der Waals surface area contributed by atoms with Gasteiger partial charge in [-0.15, -0.1) is 0 Å². The quantitative estimate of drug-likeness (QED) is 0.805. The number of rotatable bonds is 7. The zero-order valence-electron chi connectivity index (χ0n) is 12.9. The van der Waals surface area contributed by atoms with Gasteiger partial charge in [-0.3, -0.25) is 0 Å². The van der Waals surface area contributed by atoms with Gasteiger partial charge in [-0.25, -0.2) is 0 Å². The van der Waals surface area contributed by atoms with Crippen LogP contribution in [0.4, 0.5) is 17.8 Å². The normalized spacial score (nSPS) is 11.6. The maximum absolute atomic E-state index is 8.90. The summed E-state index contributed by atoms with van der Waals surface area (Å²) in [6.07, 6.45) is 0. The first-order valence-corrected chi connectivity index (χ1v) is 6.85. The summed E-state index contributed by atoms with van der Waals surface area (Å²) in [5, 5.41) is 11.9. The van der Waals surface area contributed by atoms with E-state index in [1.807, 2.05) is 18.9 Å². The Morgan fingerprint density at radius 1 is 1.20 bits per heavy atom. The second-order valence-corrected chi connectivity index (χ2v) is 4.59. The van der Waals surface area contributed by atoms with Crippen LogP contribution in [0.15, 0.2) is 0 Å². The summed E-state index contributed by atoms with van der Waals surface area (Å²) < 4.78 is 0. The maximum Gasteiger partial charge on any atom is 0.231 e. The summed E-state index contributed by atoms with van der Waals surface area (Å²) in [5.74, 6) is 1.69. The summed E-state index contributed by atoms with van der Waals surface area (Å²) in [6.45, 7) is 8.26. The highest BCUT2D eigenvalue weighted by Gasteiger charge is 2.14. The van der Waals surface area contributed by atoms with Crippen molar-refractivity contribution in [2.75, 3.05) is 48.8 Å². The largest absolute Gasteiger partial charge is 0.357 e. The molecular formula is C13H23N7. The van der Waals surface area contributed by atoms with Crippen LogP contribution >= 0.6 is 0 Å². The molecule has 0 aliphatic heterocycles. The van der Waals surface area contributed by atoms with Crippen LogP contribution in [0.5, 0.6) is 0 Å². The van der Waals surface area contributed by atoms with Crippen LogP contribution in [0.3, 0.4) is 0 Å². The van der Waals surface area contributed by atoms with Gasteiger partial charge in [0.05, 0.1) is 12.0 Å². The first-order chi connectivity index (χ1) is 9.55. The standard InChI is InChI=1S/C13H23N7/c1-6-20(7-2)13-17-11(15-4)16-12(18-13)19(5)9-10(3)8-14/h10H,6-7,9H2,1-5H3,(H,15,16,17,18). The van der Waals surface area contributed by atoms with Crippen molar-refractivity contribution >= 4 is 17.8 Å². The van der Waals surface area contributed by atoms with E-state index in [1.54, 1.807) is 7.05 Å². The highest BCUT2D eigenvalue weighted by atomic mass is 15.4. The SMILES string of the molecule is CCN(CC)c1nc(NC)nc(N(C)CC(C)C#N)n1. The van der Waals surface area contributed by atoms with E-state index in [1.165, 1.54) is 0 Å². The molecule has 0 saturated carbocycles. The van der Waals surface area contributed by atoms with Gasteiger partial charge in [-0.1, -0.05) is 0 Å². The van der Waals surface area contributed by atoms with E-state index in [4.69, 9.17) is 5.26 Å². The van der Waals surface area contributed by atoms with E-state index in [0.29, 0.717) is 24.4 Å². The maximum atomic E-state index is 8.90. The predicted octanol–water partition coefficient (Wildman–Crippen LogP) is 1.36. The monoisotopic (exact) mass is 277 g/mol. The van der Waals surface area contributed by atoms with Crippen molar-refractivity contribution in [3.8, 4) is 6.07 Å². The third kappa shape index (κ3) is 3.95. The molecular weight excluding hydrogens is 254 g/mol. The van der Waals surface area contributed by atoms with E-state index in [-0.39, 0.29) is 5.92 Å². The fourth-order valence-corrected chi connectivity index (χ4v) is 1.82. The second kappa shape index (κ2) is 7.48. The Labute approximate surface area is 120 Å². The van der Waals surface area contributed by atoms with Crippen molar-refractivity contribution in [3.63, 3.8) is 0 Å². The summed E-state index contributed by atoms with van der Waals surface area (Å²) in [4.78, 5) is 17.2. The predicted molar refractivity (Wildman–Crippen MR) is 81.0 cm³/mol. The van der Waals surface area contributed by atoms with Crippen LogP contribution in [-0.2, 0) is 0 Å². The van der Waals surface area contributed by atoms with Crippen molar-refractivity contribution in [3.05, 3.63) is 0 Å². The summed E-state index contributed by atoms with van der Waals surface area (Å²) in [5.41, 5.74) is 0. The number of hydrogen-bond acceptors (Lipinski definition) is 7. The van der Waals surface area contributed by atoms with Gasteiger partial charge in [0.25, 0.3) is 0 Å². The number of nitrogens with one attached hydrogen (secondary N) is 1. The van der Waals surface area contributed by atoms with Gasteiger partial charge in [-0.05, 0) is 20.8 Å². The summed E-state index contributed by atoms with van der Waals surface area (Å²) in [6, 6.07) is 2.22. The molecule has 1 heterocycles. The number of hydrogen-bond donors (Lipinski definition) is 1. The zero-order valence-corrected chi connectivity index (χ0v) is 12.9. The smallest absolute Gasteiger partial charge is 0.231 e. The molecule has 0 bridgehead atoms. The molecule has 1 N–H and O–H groups in total. The third-order valence-corrected chi connectivity index (χ3v) is 2.99. The molecule has 0 fully saturated rings. The fourth-order valence-electron chi connectivity index (χ4n) is 1.82. The molecule has 0 aliphatic carbocycles. The highest BCUT2D eigenvalue weighted by Crippen LogP contribution is 2.16. The van der Waals surface area contributed by atoms with Gasteiger partial charge in [0.1, 0.15) is 0 Å². The van der Waals surface area contributed by atoms with Crippen LogP contribution in [0.2, 0.25) is 0 Å². The molecule has 1 unspecified atom stereocenters. The average Bonchev–Trinajstić information content (AvgIpc) is 2.47. The molecule has 1 atom stereocenters. The van der Waals surface area contributed by atoms with E-state index in [9.17, 15) is 0 Å². The van der Waals surface area contributed by atoms with Gasteiger partial charge < -0.3 is 15.1 Å². The van der Waals surface area contributed by atoms with Crippen LogP contribution in [0.25, 0.3) is 0 Å². The van der Waals surface area contributed by atoms with E-state index >= 15 is 0 Å². The molecule has 0 amide bonds. The minimum Gasteiger partial charge on any atom is -0.357 e. The minimum atomic E-state index is -0.0771. The Bertz CT molecular complexity index is 464. The number of nitrogens with zero attached hydrogens (tertiary/aromatic N) is 6. The molecule has 1 aromatic heterocycles. The van der Waals surface area contributed by atoms with Gasteiger partial charge >= 0.3 is 0 Å². The lowest BCUT2D eigenvalue weighted by Gasteiger charge is -2.23. The molecule has 20 heavy (non-hydrogen) atoms. The molecule has 0 aliphatic rings. The van der Waals surface area contributed by atoms with Crippen molar-refractivity contribution in [2.45, 2.75) is 20.8 Å². The Hall–Kier alpha value is -2.10. The van der Waals surface area contributed by atoms with Gasteiger partial charge in [0, 0.05) is 33.7 Å².